The molecule has 4 fully saturated rings. The fourth-order valence-electron chi connectivity index (χ4n) is 5.99. The van der Waals surface area contributed by atoms with E-state index in [2.05, 4.69) is 10.6 Å². The normalized spacial score (nSPS) is 28.7. The van der Waals surface area contributed by atoms with Gasteiger partial charge in [0.1, 0.15) is 5.75 Å². The molecule has 162 valence electrons. The number of anilines is 1. The fourth-order valence-corrected chi connectivity index (χ4v) is 5.99. The van der Waals surface area contributed by atoms with E-state index in [4.69, 9.17) is 9.47 Å². The Labute approximate surface area is 176 Å². The van der Waals surface area contributed by atoms with Crippen molar-refractivity contribution < 1.29 is 23.9 Å². The van der Waals surface area contributed by atoms with Crippen molar-refractivity contribution in [3.05, 3.63) is 23.8 Å². The Hall–Kier alpha value is -2.57. The standard InChI is InChI=1S/C23H30N2O5/c1-14-3-4-19(29-2)18(5-14)25-20(26)12-24-21(27)13-30-22(28)23-9-15-6-16(10-23)8-17(7-15)11-23/h3-5,15-17H,6-13H2,1-2H3,(H,24,27)(H,25,26). The lowest BCUT2D eigenvalue weighted by atomic mass is 9.49. The van der Waals surface area contributed by atoms with Crippen molar-refractivity contribution in [3.63, 3.8) is 0 Å². The molecule has 2 N–H and O–H groups in total. The largest absolute Gasteiger partial charge is 0.495 e. The Bertz CT molecular complexity index is 815. The first-order valence-corrected chi connectivity index (χ1v) is 10.8. The minimum absolute atomic E-state index is 0.204. The minimum Gasteiger partial charge on any atom is -0.495 e. The zero-order valence-electron chi connectivity index (χ0n) is 17.7. The summed E-state index contributed by atoms with van der Waals surface area (Å²) in [5.74, 6) is 1.38. The van der Waals surface area contributed by atoms with E-state index in [1.807, 2.05) is 13.0 Å². The van der Waals surface area contributed by atoms with Crippen LogP contribution in [0.1, 0.15) is 44.1 Å². The molecule has 30 heavy (non-hydrogen) atoms. The summed E-state index contributed by atoms with van der Waals surface area (Å²) < 4.78 is 10.6. The van der Waals surface area contributed by atoms with Gasteiger partial charge in [0.2, 0.25) is 5.91 Å². The van der Waals surface area contributed by atoms with Gasteiger partial charge < -0.3 is 20.1 Å². The van der Waals surface area contributed by atoms with Crippen molar-refractivity contribution in [2.24, 2.45) is 23.2 Å². The van der Waals surface area contributed by atoms with E-state index in [0.29, 0.717) is 29.2 Å². The predicted octanol–water partition coefficient (Wildman–Crippen LogP) is 2.82. The molecule has 4 bridgehead atoms. The first-order valence-electron chi connectivity index (χ1n) is 10.8. The number of hydrogen-bond donors (Lipinski definition) is 2. The second-order valence-electron chi connectivity index (χ2n) is 9.30. The number of esters is 1. The van der Waals surface area contributed by atoms with Crippen molar-refractivity contribution in [1.29, 1.82) is 0 Å². The second kappa shape index (κ2) is 8.28. The van der Waals surface area contributed by atoms with Gasteiger partial charge in [-0.2, -0.15) is 0 Å². The lowest BCUT2D eigenvalue weighted by Crippen LogP contribution is -2.51. The Morgan fingerprint density at radius 1 is 1.03 bits per heavy atom. The van der Waals surface area contributed by atoms with Crippen molar-refractivity contribution in [2.75, 3.05) is 25.6 Å². The predicted molar refractivity (Wildman–Crippen MR) is 111 cm³/mol. The van der Waals surface area contributed by atoms with Crippen molar-refractivity contribution in [1.82, 2.24) is 5.32 Å². The minimum atomic E-state index is -0.473. The van der Waals surface area contributed by atoms with Crippen LogP contribution in [0.25, 0.3) is 0 Å². The third-order valence-corrected chi connectivity index (χ3v) is 6.88. The molecule has 7 nitrogen and oxygen atoms in total. The van der Waals surface area contributed by atoms with Crippen molar-refractivity contribution in [2.45, 2.75) is 45.4 Å². The third kappa shape index (κ3) is 4.30. The summed E-state index contributed by atoms with van der Waals surface area (Å²) in [6.45, 7) is 1.36. The van der Waals surface area contributed by atoms with Crippen LogP contribution in [-0.4, -0.2) is 38.0 Å². The number of benzene rings is 1. The summed E-state index contributed by atoms with van der Waals surface area (Å²) in [4.78, 5) is 37.1. The molecule has 4 aliphatic rings. The highest BCUT2D eigenvalue weighted by Crippen LogP contribution is 2.60. The maximum Gasteiger partial charge on any atom is 0.312 e. The number of methoxy groups -OCH3 is 1. The molecule has 0 radical (unpaired) electrons. The van der Waals surface area contributed by atoms with Gasteiger partial charge in [-0.05, 0) is 80.9 Å². The smallest absolute Gasteiger partial charge is 0.312 e. The van der Waals surface area contributed by atoms with E-state index < -0.39 is 5.91 Å². The summed E-state index contributed by atoms with van der Waals surface area (Å²) in [5.41, 5.74) is 1.14. The molecule has 0 atom stereocenters. The van der Waals surface area contributed by atoms with Crippen molar-refractivity contribution in [3.8, 4) is 5.75 Å². The van der Waals surface area contributed by atoms with Gasteiger partial charge in [0.15, 0.2) is 6.61 Å². The molecular formula is C23H30N2O5. The van der Waals surface area contributed by atoms with Crippen LogP contribution in [0.5, 0.6) is 5.75 Å². The molecule has 2 amide bonds. The van der Waals surface area contributed by atoms with Crippen LogP contribution in [-0.2, 0) is 19.1 Å². The summed E-state index contributed by atoms with van der Waals surface area (Å²) in [5, 5.41) is 5.24. The van der Waals surface area contributed by atoms with Crippen LogP contribution < -0.4 is 15.4 Å². The molecule has 0 aromatic heterocycles. The van der Waals surface area contributed by atoms with Gasteiger partial charge in [0.25, 0.3) is 5.91 Å². The molecule has 7 heteroatoms. The van der Waals surface area contributed by atoms with E-state index >= 15 is 0 Å². The Morgan fingerprint density at radius 2 is 1.67 bits per heavy atom. The maximum atomic E-state index is 12.8. The molecular weight excluding hydrogens is 384 g/mol. The number of carbonyl (C=O) groups is 3. The average molecular weight is 415 g/mol. The Kier molecular flexibility index (Phi) is 5.71. The first-order chi connectivity index (χ1) is 14.4. The van der Waals surface area contributed by atoms with Crippen LogP contribution >= 0.6 is 0 Å². The molecule has 1 aromatic carbocycles. The summed E-state index contributed by atoms with van der Waals surface area (Å²) in [7, 11) is 1.53. The SMILES string of the molecule is COc1ccc(C)cc1NC(=O)CNC(=O)COC(=O)C12CC3CC(CC(C3)C1)C2. The summed E-state index contributed by atoms with van der Waals surface area (Å²) in [6.07, 6.45) is 6.44. The van der Waals surface area contributed by atoms with Gasteiger partial charge >= 0.3 is 5.97 Å². The quantitative estimate of drug-likeness (QED) is 0.669. The van der Waals surface area contributed by atoms with Crippen molar-refractivity contribution >= 4 is 23.5 Å². The lowest BCUT2D eigenvalue weighted by Gasteiger charge is -2.55. The van der Waals surface area contributed by atoms with Crippen LogP contribution in [0.3, 0.4) is 0 Å². The average Bonchev–Trinajstić information content (AvgIpc) is 2.69. The maximum absolute atomic E-state index is 12.8. The third-order valence-electron chi connectivity index (χ3n) is 6.88. The molecule has 1 aromatic rings. The molecule has 5 rings (SSSR count). The second-order valence-corrected chi connectivity index (χ2v) is 9.30. The van der Waals surface area contributed by atoms with E-state index in [9.17, 15) is 14.4 Å². The van der Waals surface area contributed by atoms with Gasteiger partial charge in [-0.1, -0.05) is 6.07 Å². The number of carbonyl (C=O) groups excluding carboxylic acids is 3. The van der Waals surface area contributed by atoms with Gasteiger partial charge in [0.05, 0.1) is 24.8 Å². The van der Waals surface area contributed by atoms with E-state index in [1.165, 1.54) is 26.4 Å². The van der Waals surface area contributed by atoms with Gasteiger partial charge in [0, 0.05) is 0 Å². The topological polar surface area (TPSA) is 93.7 Å². The summed E-state index contributed by atoms with van der Waals surface area (Å²) in [6, 6.07) is 5.45. The van der Waals surface area contributed by atoms with Gasteiger partial charge in [-0.3, -0.25) is 14.4 Å². The van der Waals surface area contributed by atoms with Crippen LogP contribution in [0.2, 0.25) is 0 Å². The highest BCUT2D eigenvalue weighted by atomic mass is 16.5. The fraction of sp³-hybridized carbons (Fsp3) is 0.609. The van der Waals surface area contributed by atoms with E-state index in [-0.39, 0.29) is 30.4 Å². The monoisotopic (exact) mass is 414 g/mol. The lowest BCUT2D eigenvalue weighted by molar-refractivity contribution is -0.173. The number of aryl methyl sites for hydroxylation is 1. The molecule has 0 spiro atoms. The number of nitrogens with one attached hydrogen (secondary N) is 2. The molecule has 4 saturated carbocycles. The number of ether oxygens (including phenoxy) is 2. The van der Waals surface area contributed by atoms with Crippen LogP contribution in [0.15, 0.2) is 18.2 Å². The van der Waals surface area contributed by atoms with Crippen LogP contribution in [0.4, 0.5) is 5.69 Å². The highest BCUT2D eigenvalue weighted by molar-refractivity contribution is 5.96. The number of hydrogen-bond acceptors (Lipinski definition) is 5. The number of amides is 2. The van der Waals surface area contributed by atoms with E-state index in [0.717, 1.165) is 24.8 Å². The molecule has 0 heterocycles. The summed E-state index contributed by atoms with van der Waals surface area (Å²) >= 11 is 0. The van der Waals surface area contributed by atoms with Gasteiger partial charge in [-0.25, -0.2) is 0 Å². The molecule has 0 aliphatic heterocycles. The number of rotatable bonds is 7. The zero-order valence-corrected chi connectivity index (χ0v) is 17.7. The first kappa shape index (κ1) is 20.7. The Balaban J connectivity index is 1.23. The molecule has 0 unspecified atom stereocenters. The molecule has 4 aliphatic carbocycles. The highest BCUT2D eigenvalue weighted by Gasteiger charge is 2.55. The Morgan fingerprint density at radius 3 is 2.27 bits per heavy atom. The van der Waals surface area contributed by atoms with Gasteiger partial charge in [-0.15, -0.1) is 0 Å². The molecule has 0 saturated heterocycles. The van der Waals surface area contributed by atoms with E-state index in [1.54, 1.807) is 12.1 Å². The zero-order chi connectivity index (χ0) is 21.3. The van der Waals surface area contributed by atoms with Crippen LogP contribution in [0, 0.1) is 30.1 Å².